The standard InChI is InChI=1S/C21H16N2O3S2/c24-21-17-10-5-4-9-16(17)18(23-28(25,26)20-11-6-12-27-20)13-19(21)22-14-15-7-2-1-3-8-15/h1-12H,13-14H2. The van der Waals surface area contributed by atoms with Gasteiger partial charge in [0, 0.05) is 17.5 Å². The summed E-state index contributed by atoms with van der Waals surface area (Å²) in [6, 6.07) is 19.7. The Labute approximate surface area is 167 Å². The summed E-state index contributed by atoms with van der Waals surface area (Å²) in [5.41, 5.74) is 2.62. The van der Waals surface area contributed by atoms with Crippen LogP contribution in [0.4, 0.5) is 0 Å². The molecular weight excluding hydrogens is 392 g/mol. The van der Waals surface area contributed by atoms with Crippen molar-refractivity contribution in [2.45, 2.75) is 17.2 Å². The van der Waals surface area contributed by atoms with Gasteiger partial charge in [0.15, 0.2) is 0 Å². The van der Waals surface area contributed by atoms with Crippen molar-refractivity contribution in [1.29, 1.82) is 0 Å². The van der Waals surface area contributed by atoms with E-state index in [0.29, 0.717) is 29.1 Å². The number of thiophene rings is 1. The number of benzene rings is 2. The van der Waals surface area contributed by atoms with Crippen molar-refractivity contribution >= 4 is 38.6 Å². The van der Waals surface area contributed by atoms with Gasteiger partial charge >= 0.3 is 0 Å². The van der Waals surface area contributed by atoms with E-state index in [9.17, 15) is 13.2 Å². The van der Waals surface area contributed by atoms with E-state index in [0.717, 1.165) is 16.9 Å². The first-order valence-electron chi connectivity index (χ1n) is 8.63. The van der Waals surface area contributed by atoms with Gasteiger partial charge in [-0.3, -0.25) is 9.79 Å². The zero-order chi connectivity index (χ0) is 19.6. The minimum absolute atomic E-state index is 0.0906. The third-order valence-corrected chi connectivity index (χ3v) is 7.04. The molecule has 0 radical (unpaired) electrons. The van der Waals surface area contributed by atoms with E-state index in [-0.39, 0.29) is 16.4 Å². The third-order valence-electron chi connectivity index (χ3n) is 4.35. The number of carbonyl (C=O) groups is 1. The molecule has 7 heteroatoms. The predicted molar refractivity (Wildman–Crippen MR) is 111 cm³/mol. The zero-order valence-corrected chi connectivity index (χ0v) is 16.4. The number of nitrogens with zero attached hydrogens (tertiary/aromatic N) is 2. The van der Waals surface area contributed by atoms with Crippen LogP contribution in [0.5, 0.6) is 0 Å². The number of sulfonamides is 1. The maximum Gasteiger partial charge on any atom is 0.292 e. The first-order chi connectivity index (χ1) is 13.5. The largest absolute Gasteiger partial charge is 0.292 e. The lowest BCUT2D eigenvalue weighted by molar-refractivity contribution is 0.106. The number of ketones is 1. The molecule has 0 saturated heterocycles. The predicted octanol–water partition coefficient (Wildman–Crippen LogP) is 4.15. The lowest BCUT2D eigenvalue weighted by Gasteiger charge is -2.18. The van der Waals surface area contributed by atoms with Crippen LogP contribution in [0.25, 0.3) is 0 Å². The quantitative estimate of drug-likeness (QED) is 0.651. The van der Waals surface area contributed by atoms with Crippen molar-refractivity contribution < 1.29 is 13.2 Å². The fraction of sp³-hybridized carbons (Fsp3) is 0.0952. The molecule has 0 amide bonds. The molecule has 2 aromatic carbocycles. The molecule has 0 atom stereocenters. The van der Waals surface area contributed by atoms with Crippen LogP contribution in [0.3, 0.4) is 0 Å². The van der Waals surface area contributed by atoms with Crippen LogP contribution in [0.2, 0.25) is 0 Å². The van der Waals surface area contributed by atoms with Crippen LogP contribution in [-0.4, -0.2) is 25.6 Å². The van der Waals surface area contributed by atoms with Gasteiger partial charge in [0.2, 0.25) is 5.78 Å². The van der Waals surface area contributed by atoms with Crippen molar-refractivity contribution in [3.05, 3.63) is 88.8 Å². The van der Waals surface area contributed by atoms with Crippen LogP contribution in [-0.2, 0) is 16.6 Å². The highest BCUT2D eigenvalue weighted by molar-refractivity contribution is 7.92. The average molecular weight is 409 g/mol. The van der Waals surface area contributed by atoms with Crippen molar-refractivity contribution in [3.63, 3.8) is 0 Å². The Balaban J connectivity index is 1.75. The number of hydrogen-bond donors (Lipinski definition) is 0. The number of aliphatic imine (C=N–C) groups is 1. The number of fused-ring (bicyclic) bond motifs is 1. The number of carbonyl (C=O) groups excluding carboxylic acids is 1. The molecule has 4 rings (SSSR count). The van der Waals surface area contributed by atoms with Gasteiger partial charge in [-0.2, -0.15) is 12.8 Å². The average Bonchev–Trinajstić information content (AvgIpc) is 3.26. The second-order valence-electron chi connectivity index (χ2n) is 6.25. The summed E-state index contributed by atoms with van der Waals surface area (Å²) in [6.45, 7) is 0.356. The van der Waals surface area contributed by atoms with Gasteiger partial charge in [0.1, 0.15) is 4.21 Å². The molecule has 140 valence electrons. The van der Waals surface area contributed by atoms with Crippen LogP contribution in [0.15, 0.2) is 85.7 Å². The van der Waals surface area contributed by atoms with E-state index < -0.39 is 10.0 Å². The Morgan fingerprint density at radius 1 is 0.857 bits per heavy atom. The number of hydrogen-bond acceptors (Lipinski definition) is 5. The van der Waals surface area contributed by atoms with Gasteiger partial charge in [0.05, 0.1) is 18.0 Å². The maximum atomic E-state index is 12.8. The fourth-order valence-electron chi connectivity index (χ4n) is 3.00. The SMILES string of the molecule is O=C1C(=NCc2ccccc2)CC(=NS(=O)(=O)c2cccs2)c2ccccc21. The third kappa shape index (κ3) is 3.72. The monoisotopic (exact) mass is 408 g/mol. The maximum absolute atomic E-state index is 12.8. The summed E-state index contributed by atoms with van der Waals surface area (Å²) < 4.78 is 29.5. The molecule has 1 heterocycles. The Kier molecular flexibility index (Phi) is 5.02. The molecule has 0 aliphatic heterocycles. The number of rotatable bonds is 4. The van der Waals surface area contributed by atoms with E-state index >= 15 is 0 Å². The molecule has 0 spiro atoms. The topological polar surface area (TPSA) is 75.9 Å². The van der Waals surface area contributed by atoms with Gasteiger partial charge in [-0.1, -0.05) is 60.7 Å². The first-order valence-corrected chi connectivity index (χ1v) is 11.0. The van der Waals surface area contributed by atoms with Gasteiger partial charge in [0.25, 0.3) is 10.0 Å². The van der Waals surface area contributed by atoms with Crippen molar-refractivity contribution in [3.8, 4) is 0 Å². The van der Waals surface area contributed by atoms with E-state index in [1.807, 2.05) is 30.3 Å². The molecular formula is C21H16N2O3S2. The number of Topliss-reactive ketones (excluding diaryl/α,β-unsaturated/α-hetero) is 1. The highest BCUT2D eigenvalue weighted by atomic mass is 32.2. The molecule has 1 aromatic heterocycles. The summed E-state index contributed by atoms with van der Waals surface area (Å²) in [4.78, 5) is 17.3. The first kappa shape index (κ1) is 18.5. The Morgan fingerprint density at radius 3 is 2.29 bits per heavy atom. The Bertz CT molecular complexity index is 1180. The summed E-state index contributed by atoms with van der Waals surface area (Å²) in [5, 5.41) is 1.69. The molecule has 1 aliphatic rings. The van der Waals surface area contributed by atoms with Gasteiger partial charge in [-0.15, -0.1) is 11.3 Å². The minimum atomic E-state index is -3.83. The molecule has 28 heavy (non-hydrogen) atoms. The molecule has 0 N–H and O–H groups in total. The van der Waals surface area contributed by atoms with E-state index in [1.54, 1.807) is 35.7 Å². The fourth-order valence-corrected chi connectivity index (χ4v) is 5.01. The zero-order valence-electron chi connectivity index (χ0n) is 14.8. The van der Waals surface area contributed by atoms with Crippen LogP contribution >= 0.6 is 11.3 Å². The van der Waals surface area contributed by atoms with Crippen molar-refractivity contribution in [2.24, 2.45) is 9.39 Å². The molecule has 0 bridgehead atoms. The van der Waals surface area contributed by atoms with E-state index in [2.05, 4.69) is 9.39 Å². The van der Waals surface area contributed by atoms with E-state index in [1.165, 1.54) is 6.07 Å². The van der Waals surface area contributed by atoms with Crippen molar-refractivity contribution in [1.82, 2.24) is 0 Å². The van der Waals surface area contributed by atoms with Crippen LogP contribution in [0, 0.1) is 0 Å². The molecule has 0 fully saturated rings. The Morgan fingerprint density at radius 2 is 1.57 bits per heavy atom. The van der Waals surface area contributed by atoms with Crippen LogP contribution in [0.1, 0.15) is 27.9 Å². The molecule has 0 saturated carbocycles. The minimum Gasteiger partial charge on any atom is -0.287 e. The normalized spacial score (nSPS) is 17.1. The second-order valence-corrected chi connectivity index (χ2v) is 9.02. The van der Waals surface area contributed by atoms with E-state index in [4.69, 9.17) is 0 Å². The summed E-state index contributed by atoms with van der Waals surface area (Å²) in [7, 11) is -3.83. The lowest BCUT2D eigenvalue weighted by Crippen LogP contribution is -2.28. The second kappa shape index (κ2) is 7.61. The van der Waals surface area contributed by atoms with Gasteiger partial charge in [-0.25, -0.2) is 0 Å². The summed E-state index contributed by atoms with van der Waals surface area (Å²) in [5.74, 6) is -0.181. The van der Waals surface area contributed by atoms with Gasteiger partial charge < -0.3 is 0 Å². The Hall–Kier alpha value is -2.90. The highest BCUT2D eigenvalue weighted by Crippen LogP contribution is 2.25. The molecule has 5 nitrogen and oxygen atoms in total. The molecule has 1 aliphatic carbocycles. The summed E-state index contributed by atoms with van der Waals surface area (Å²) >= 11 is 1.12. The molecule has 3 aromatic rings. The molecule has 0 unspecified atom stereocenters. The van der Waals surface area contributed by atoms with Crippen molar-refractivity contribution in [2.75, 3.05) is 0 Å². The lowest BCUT2D eigenvalue weighted by atomic mass is 9.87. The summed E-state index contributed by atoms with van der Waals surface area (Å²) in [6.07, 6.45) is 0.0906. The van der Waals surface area contributed by atoms with Gasteiger partial charge in [-0.05, 0) is 17.0 Å². The smallest absolute Gasteiger partial charge is 0.287 e. The van der Waals surface area contributed by atoms with Crippen LogP contribution < -0.4 is 0 Å². The highest BCUT2D eigenvalue weighted by Gasteiger charge is 2.29.